The Morgan fingerprint density at radius 2 is 2.29 bits per heavy atom. The van der Waals surface area contributed by atoms with Crippen LogP contribution in [0.4, 0.5) is 5.82 Å². The Morgan fingerprint density at radius 1 is 1.64 bits per heavy atom. The monoisotopic (exact) mass is 437 g/mol. The van der Waals surface area contributed by atoms with Crippen molar-refractivity contribution in [2.75, 3.05) is 12.1 Å². The molecule has 0 saturated carbocycles. The van der Waals surface area contributed by atoms with E-state index in [0.717, 1.165) is 3.57 Å². The van der Waals surface area contributed by atoms with Crippen LogP contribution in [0.25, 0.3) is 0 Å². The fraction of sp³-hybridized carbons (Fsp3) is 0.143. The van der Waals surface area contributed by atoms with Gasteiger partial charge in [-0.3, -0.25) is 0 Å². The molecule has 0 unspecified atom stereocenters. The summed E-state index contributed by atoms with van der Waals surface area (Å²) in [5.74, 6) is 6.16. The van der Waals surface area contributed by atoms with Crippen molar-refractivity contribution in [1.29, 1.82) is 0 Å². The van der Waals surface area contributed by atoms with Crippen molar-refractivity contribution in [3.05, 3.63) is 21.9 Å². The molecular weight excluding hydrogens is 428 g/mol. The average Bonchev–Trinajstić information content (AvgIpc) is 2.17. The van der Waals surface area contributed by atoms with Gasteiger partial charge in [-0.15, -0.1) is 24.0 Å². The fourth-order valence-corrected chi connectivity index (χ4v) is 1.11. The molecule has 1 rings (SSSR count). The minimum atomic E-state index is 0. The smallest absolute Gasteiger partial charge is 0.279 e. The molecule has 1 aromatic rings. The van der Waals surface area contributed by atoms with Gasteiger partial charge < -0.3 is 4.74 Å². The van der Waals surface area contributed by atoms with Crippen LogP contribution in [0.1, 0.15) is 0 Å². The first-order valence-electron chi connectivity index (χ1n) is 3.39. The van der Waals surface area contributed by atoms with E-state index in [1.54, 1.807) is 12.3 Å². The van der Waals surface area contributed by atoms with Crippen molar-refractivity contribution < 1.29 is 4.74 Å². The maximum atomic E-state index is 5.60. The topological polar surface area (TPSA) is 51.4 Å². The van der Waals surface area contributed by atoms with Gasteiger partial charge in [-0.2, -0.15) is 0 Å². The SMILES string of the molecule is COC(=S)N(N)c1ccc(I)cn1.I. The Labute approximate surface area is 118 Å². The van der Waals surface area contributed by atoms with Crippen LogP contribution in [0.3, 0.4) is 0 Å². The minimum absolute atomic E-state index is 0. The van der Waals surface area contributed by atoms with Crippen LogP contribution >= 0.6 is 58.8 Å². The number of rotatable bonds is 1. The number of pyridine rings is 1. The van der Waals surface area contributed by atoms with Crippen molar-refractivity contribution in [2.24, 2.45) is 5.84 Å². The lowest BCUT2D eigenvalue weighted by atomic mass is 10.5. The number of hydrazine groups is 1. The van der Waals surface area contributed by atoms with E-state index in [1.165, 1.54) is 12.1 Å². The highest BCUT2D eigenvalue weighted by Gasteiger charge is 2.07. The first-order chi connectivity index (χ1) is 6.15. The zero-order valence-corrected chi connectivity index (χ0v) is 12.6. The Bertz CT molecular complexity index is 306. The molecule has 0 spiro atoms. The van der Waals surface area contributed by atoms with Gasteiger partial charge in [0.1, 0.15) is 0 Å². The molecule has 0 bridgehead atoms. The van der Waals surface area contributed by atoms with Crippen LogP contribution < -0.4 is 10.9 Å². The molecule has 0 atom stereocenters. The van der Waals surface area contributed by atoms with Crippen molar-refractivity contribution >= 4 is 69.8 Å². The molecule has 2 N–H and O–H groups in total. The summed E-state index contributed by atoms with van der Waals surface area (Å²) in [5.41, 5.74) is 0. The maximum absolute atomic E-state index is 5.60. The van der Waals surface area contributed by atoms with Gasteiger partial charge in [0.15, 0.2) is 5.82 Å². The predicted octanol–water partition coefficient (Wildman–Crippen LogP) is 1.92. The van der Waals surface area contributed by atoms with Crippen LogP contribution in [0.15, 0.2) is 18.3 Å². The molecule has 0 radical (unpaired) electrons. The van der Waals surface area contributed by atoms with Gasteiger partial charge in [0.05, 0.1) is 7.11 Å². The van der Waals surface area contributed by atoms with E-state index in [9.17, 15) is 0 Å². The molecule has 0 aromatic carbocycles. The number of hydrogen-bond acceptors (Lipinski definition) is 4. The quantitative estimate of drug-likeness (QED) is 0.315. The number of nitrogens with two attached hydrogens (primary N) is 1. The highest BCUT2D eigenvalue weighted by Crippen LogP contribution is 2.10. The molecule has 4 nitrogen and oxygen atoms in total. The zero-order chi connectivity index (χ0) is 9.84. The van der Waals surface area contributed by atoms with E-state index in [4.69, 9.17) is 22.8 Å². The number of thiocarbonyl (C=S) groups is 1. The molecule has 1 heterocycles. The van der Waals surface area contributed by atoms with Crippen LogP contribution in [0.5, 0.6) is 0 Å². The summed E-state index contributed by atoms with van der Waals surface area (Å²) in [7, 11) is 1.47. The van der Waals surface area contributed by atoms with Crippen molar-refractivity contribution in [3.63, 3.8) is 0 Å². The van der Waals surface area contributed by atoms with Gasteiger partial charge in [0, 0.05) is 9.77 Å². The van der Waals surface area contributed by atoms with Crippen molar-refractivity contribution in [2.45, 2.75) is 0 Å². The lowest BCUT2D eigenvalue weighted by Crippen LogP contribution is -2.37. The van der Waals surface area contributed by atoms with Crippen LogP contribution in [0.2, 0.25) is 0 Å². The number of aromatic nitrogens is 1. The van der Waals surface area contributed by atoms with Crippen LogP contribution in [0, 0.1) is 3.57 Å². The molecular formula is C7H9I2N3OS. The first kappa shape index (κ1) is 14.3. The number of anilines is 1. The Balaban J connectivity index is 0.00000169. The summed E-state index contributed by atoms with van der Waals surface area (Å²) < 4.78 is 5.83. The number of methoxy groups -OCH3 is 1. The van der Waals surface area contributed by atoms with E-state index in [2.05, 4.69) is 27.6 Å². The first-order valence-corrected chi connectivity index (χ1v) is 4.88. The van der Waals surface area contributed by atoms with Gasteiger partial charge in [0.2, 0.25) is 0 Å². The van der Waals surface area contributed by atoms with E-state index in [1.807, 2.05) is 6.07 Å². The number of ether oxygens (including phenoxy) is 1. The molecule has 0 amide bonds. The predicted molar refractivity (Wildman–Crippen MR) is 78.6 cm³/mol. The summed E-state index contributed by atoms with van der Waals surface area (Å²) in [6, 6.07) is 3.66. The normalized spacial score (nSPS) is 8.79. The molecule has 0 aliphatic heterocycles. The van der Waals surface area contributed by atoms with E-state index < -0.39 is 0 Å². The average molecular weight is 437 g/mol. The standard InChI is InChI=1S/C7H8IN3OS.HI/c1-12-7(13)11(9)6-3-2-5(8)4-10-6;/h2-4H,9H2,1H3;1H. The van der Waals surface area contributed by atoms with Gasteiger partial charge in [-0.25, -0.2) is 15.8 Å². The third kappa shape index (κ3) is 3.79. The summed E-state index contributed by atoms with van der Waals surface area (Å²) in [5, 5.41) is 1.40. The molecule has 0 saturated heterocycles. The van der Waals surface area contributed by atoms with Crippen LogP contribution in [-0.4, -0.2) is 17.3 Å². The van der Waals surface area contributed by atoms with E-state index >= 15 is 0 Å². The number of halogens is 2. The second-order valence-electron chi connectivity index (χ2n) is 2.17. The molecule has 0 fully saturated rings. The summed E-state index contributed by atoms with van der Waals surface area (Å²) >= 11 is 6.99. The lowest BCUT2D eigenvalue weighted by molar-refractivity contribution is 0.403. The zero-order valence-electron chi connectivity index (χ0n) is 7.31. The number of hydrogen-bond donors (Lipinski definition) is 1. The Kier molecular flexibility index (Phi) is 6.81. The molecule has 0 aliphatic carbocycles. The maximum Gasteiger partial charge on any atom is 0.279 e. The molecule has 7 heteroatoms. The lowest BCUT2D eigenvalue weighted by Gasteiger charge is -2.15. The molecule has 1 aromatic heterocycles. The Morgan fingerprint density at radius 3 is 2.71 bits per heavy atom. The largest absolute Gasteiger partial charge is 0.473 e. The highest BCUT2D eigenvalue weighted by molar-refractivity contribution is 14.1. The fourth-order valence-electron chi connectivity index (χ4n) is 0.702. The van der Waals surface area contributed by atoms with Gasteiger partial charge in [0.25, 0.3) is 5.17 Å². The second-order valence-corrected chi connectivity index (χ2v) is 3.77. The molecule has 78 valence electrons. The minimum Gasteiger partial charge on any atom is -0.473 e. The molecule has 14 heavy (non-hydrogen) atoms. The van der Waals surface area contributed by atoms with Crippen molar-refractivity contribution in [1.82, 2.24) is 4.98 Å². The van der Waals surface area contributed by atoms with Gasteiger partial charge in [-0.1, -0.05) is 0 Å². The van der Waals surface area contributed by atoms with E-state index in [-0.39, 0.29) is 29.2 Å². The Hall–Kier alpha value is 0.260. The third-order valence-corrected chi connectivity index (χ3v) is 2.33. The highest BCUT2D eigenvalue weighted by atomic mass is 127. The second kappa shape index (κ2) is 6.69. The van der Waals surface area contributed by atoms with Crippen LogP contribution in [-0.2, 0) is 4.74 Å². The molecule has 0 aliphatic rings. The van der Waals surface area contributed by atoms with E-state index in [0.29, 0.717) is 5.82 Å². The van der Waals surface area contributed by atoms with Gasteiger partial charge >= 0.3 is 0 Å². The summed E-state index contributed by atoms with van der Waals surface area (Å²) in [6.45, 7) is 0. The van der Waals surface area contributed by atoms with Crippen molar-refractivity contribution in [3.8, 4) is 0 Å². The third-order valence-electron chi connectivity index (χ3n) is 1.33. The number of nitrogens with zero attached hydrogens (tertiary/aromatic N) is 2. The van der Waals surface area contributed by atoms with Gasteiger partial charge in [-0.05, 0) is 46.9 Å². The summed E-state index contributed by atoms with van der Waals surface area (Å²) in [4.78, 5) is 4.07. The summed E-state index contributed by atoms with van der Waals surface area (Å²) in [6.07, 6.45) is 1.70.